The fourth-order valence-corrected chi connectivity index (χ4v) is 4.42. The van der Waals surface area contributed by atoms with E-state index in [0.29, 0.717) is 6.10 Å². The molecule has 0 radical (unpaired) electrons. The molecule has 1 unspecified atom stereocenters. The van der Waals surface area contributed by atoms with Gasteiger partial charge in [0.05, 0.1) is 12.7 Å². The summed E-state index contributed by atoms with van der Waals surface area (Å²) in [5, 5.41) is 0. The summed E-state index contributed by atoms with van der Waals surface area (Å²) in [6.45, 7) is 8.36. The van der Waals surface area contributed by atoms with Gasteiger partial charge < -0.3 is 9.47 Å². The minimum atomic E-state index is 0.372. The Kier molecular flexibility index (Phi) is 17.0. The number of rotatable bonds is 22. The fourth-order valence-electron chi connectivity index (χ4n) is 4.42. The van der Waals surface area contributed by atoms with Crippen LogP contribution < -0.4 is 4.74 Å². The molecule has 0 bridgehead atoms. The Hall–Kier alpha value is -1.94. The van der Waals surface area contributed by atoms with Gasteiger partial charge in [-0.05, 0) is 75.3 Å². The highest BCUT2D eigenvalue weighted by molar-refractivity contribution is 5.55. The molecule has 202 valence electrons. The lowest BCUT2D eigenvalue weighted by Crippen LogP contribution is -2.09. The molecule has 4 nitrogen and oxygen atoms in total. The maximum absolute atomic E-state index is 5.93. The van der Waals surface area contributed by atoms with Crippen LogP contribution in [0.15, 0.2) is 36.7 Å². The Morgan fingerprint density at radius 1 is 0.667 bits per heavy atom. The Labute approximate surface area is 221 Å². The minimum absolute atomic E-state index is 0.372. The molecule has 2 rings (SSSR count). The molecule has 36 heavy (non-hydrogen) atoms. The van der Waals surface area contributed by atoms with Gasteiger partial charge in [-0.1, -0.05) is 78.1 Å². The van der Waals surface area contributed by atoms with Crippen molar-refractivity contribution < 1.29 is 9.47 Å². The second kappa shape index (κ2) is 20.2. The van der Waals surface area contributed by atoms with E-state index in [0.717, 1.165) is 49.6 Å². The van der Waals surface area contributed by atoms with Gasteiger partial charge in [-0.25, -0.2) is 9.97 Å². The maximum atomic E-state index is 5.93. The zero-order chi connectivity index (χ0) is 25.7. The molecule has 1 aromatic carbocycles. The van der Waals surface area contributed by atoms with E-state index in [4.69, 9.17) is 9.47 Å². The summed E-state index contributed by atoms with van der Waals surface area (Å²) in [7, 11) is 0. The Bertz CT molecular complexity index is 761. The average molecular weight is 497 g/mol. The van der Waals surface area contributed by atoms with Crippen LogP contribution in [0.5, 0.6) is 5.75 Å². The topological polar surface area (TPSA) is 44.2 Å². The van der Waals surface area contributed by atoms with Gasteiger partial charge in [0.25, 0.3) is 0 Å². The number of aryl methyl sites for hydroxylation is 1. The normalized spacial score (nSPS) is 12.1. The van der Waals surface area contributed by atoms with Crippen LogP contribution in [0.3, 0.4) is 0 Å². The first-order valence-electron chi connectivity index (χ1n) is 14.9. The van der Waals surface area contributed by atoms with Gasteiger partial charge >= 0.3 is 0 Å². The maximum Gasteiger partial charge on any atom is 0.159 e. The number of hydrogen-bond acceptors (Lipinski definition) is 4. The van der Waals surface area contributed by atoms with Crippen molar-refractivity contribution in [2.75, 3.05) is 13.2 Å². The zero-order valence-electron chi connectivity index (χ0n) is 23.5. The van der Waals surface area contributed by atoms with Crippen LogP contribution in [0.25, 0.3) is 11.4 Å². The highest BCUT2D eigenvalue weighted by Crippen LogP contribution is 2.20. The van der Waals surface area contributed by atoms with Crippen molar-refractivity contribution in [3.63, 3.8) is 0 Å². The van der Waals surface area contributed by atoms with Crippen LogP contribution in [-0.4, -0.2) is 29.3 Å². The number of hydrogen-bond donors (Lipinski definition) is 0. The summed E-state index contributed by atoms with van der Waals surface area (Å²) >= 11 is 0. The van der Waals surface area contributed by atoms with Crippen molar-refractivity contribution in [1.29, 1.82) is 0 Å². The third-order valence-corrected chi connectivity index (χ3v) is 6.81. The van der Waals surface area contributed by atoms with E-state index in [1.165, 1.54) is 89.0 Å². The summed E-state index contributed by atoms with van der Waals surface area (Å²) in [5.74, 6) is 1.70. The van der Waals surface area contributed by atoms with Crippen molar-refractivity contribution in [3.05, 3.63) is 42.2 Å². The van der Waals surface area contributed by atoms with Crippen molar-refractivity contribution in [2.45, 2.75) is 130 Å². The van der Waals surface area contributed by atoms with E-state index in [1.807, 2.05) is 24.5 Å². The smallest absolute Gasteiger partial charge is 0.159 e. The number of nitrogens with zero attached hydrogens (tertiary/aromatic N) is 2. The summed E-state index contributed by atoms with van der Waals surface area (Å²) in [4.78, 5) is 9.21. The first kappa shape index (κ1) is 30.3. The lowest BCUT2D eigenvalue weighted by molar-refractivity contribution is 0.0557. The predicted molar refractivity (Wildman–Crippen MR) is 153 cm³/mol. The first-order chi connectivity index (χ1) is 17.7. The van der Waals surface area contributed by atoms with Crippen molar-refractivity contribution in [1.82, 2.24) is 9.97 Å². The molecule has 0 spiro atoms. The molecule has 0 N–H and O–H groups in total. The van der Waals surface area contributed by atoms with Gasteiger partial charge in [-0.3, -0.25) is 0 Å². The summed E-state index contributed by atoms with van der Waals surface area (Å²) in [5.41, 5.74) is 2.27. The zero-order valence-corrected chi connectivity index (χ0v) is 23.5. The second-order valence-electron chi connectivity index (χ2n) is 10.3. The van der Waals surface area contributed by atoms with Crippen LogP contribution in [-0.2, 0) is 11.2 Å². The second-order valence-corrected chi connectivity index (χ2v) is 10.3. The first-order valence-corrected chi connectivity index (χ1v) is 14.9. The molecule has 2 aromatic rings. The molecule has 1 aromatic heterocycles. The number of benzene rings is 1. The van der Waals surface area contributed by atoms with Crippen LogP contribution >= 0.6 is 0 Å². The monoisotopic (exact) mass is 496 g/mol. The van der Waals surface area contributed by atoms with Crippen LogP contribution in [0, 0.1) is 0 Å². The Morgan fingerprint density at radius 3 is 1.94 bits per heavy atom. The van der Waals surface area contributed by atoms with E-state index in [-0.39, 0.29) is 0 Å². The van der Waals surface area contributed by atoms with E-state index in [2.05, 4.69) is 42.9 Å². The summed E-state index contributed by atoms with van der Waals surface area (Å²) < 4.78 is 11.8. The Balaban J connectivity index is 1.56. The predicted octanol–water partition coefficient (Wildman–Crippen LogP) is 9.36. The number of unbranched alkanes of at least 4 members (excludes halogenated alkanes) is 11. The summed E-state index contributed by atoms with van der Waals surface area (Å²) in [6.07, 6.45) is 24.5. The largest absolute Gasteiger partial charge is 0.494 e. The van der Waals surface area contributed by atoms with Gasteiger partial charge in [0.1, 0.15) is 5.75 Å². The molecule has 0 aliphatic rings. The van der Waals surface area contributed by atoms with E-state index >= 15 is 0 Å². The molecule has 0 aliphatic carbocycles. The van der Waals surface area contributed by atoms with Crippen molar-refractivity contribution in [3.8, 4) is 17.1 Å². The lowest BCUT2D eigenvalue weighted by Gasteiger charge is -2.13. The quantitative estimate of drug-likeness (QED) is 0.152. The molecule has 0 saturated heterocycles. The standard InChI is InChI=1S/C32H52N2O2/c1-4-6-8-9-10-11-12-15-19-29-26-33-32(34-27-29)30-20-22-31(23-21-30)36-25-17-13-14-18-28(3)35-24-16-7-5-2/h20-23,26-28H,4-19,24-25H2,1-3H3. The molecule has 1 heterocycles. The van der Waals surface area contributed by atoms with Gasteiger partial charge in [0, 0.05) is 24.6 Å². The van der Waals surface area contributed by atoms with E-state index in [1.54, 1.807) is 0 Å². The van der Waals surface area contributed by atoms with E-state index < -0.39 is 0 Å². The molecule has 4 heteroatoms. The number of aromatic nitrogens is 2. The van der Waals surface area contributed by atoms with Gasteiger partial charge in [0.2, 0.25) is 0 Å². The third kappa shape index (κ3) is 14.0. The van der Waals surface area contributed by atoms with Crippen LogP contribution in [0.4, 0.5) is 0 Å². The lowest BCUT2D eigenvalue weighted by atomic mass is 10.1. The highest BCUT2D eigenvalue weighted by Gasteiger charge is 2.04. The van der Waals surface area contributed by atoms with E-state index in [9.17, 15) is 0 Å². The molecular weight excluding hydrogens is 444 g/mol. The van der Waals surface area contributed by atoms with Crippen molar-refractivity contribution >= 4 is 0 Å². The summed E-state index contributed by atoms with van der Waals surface area (Å²) in [6, 6.07) is 8.17. The third-order valence-electron chi connectivity index (χ3n) is 6.81. The fraction of sp³-hybridized carbons (Fsp3) is 0.688. The van der Waals surface area contributed by atoms with Gasteiger partial charge in [-0.2, -0.15) is 0 Å². The SMILES string of the molecule is CCCCCCCCCCc1cnc(-c2ccc(OCCCCCC(C)OCCCCC)cc2)nc1. The molecular formula is C32H52N2O2. The molecule has 0 fully saturated rings. The molecule has 1 atom stereocenters. The molecule has 0 saturated carbocycles. The van der Waals surface area contributed by atoms with Crippen LogP contribution in [0.2, 0.25) is 0 Å². The highest BCUT2D eigenvalue weighted by atomic mass is 16.5. The van der Waals surface area contributed by atoms with Crippen molar-refractivity contribution in [2.24, 2.45) is 0 Å². The molecule has 0 amide bonds. The average Bonchev–Trinajstić information content (AvgIpc) is 2.91. The van der Waals surface area contributed by atoms with Gasteiger partial charge in [0.15, 0.2) is 5.82 Å². The Morgan fingerprint density at radius 2 is 1.25 bits per heavy atom. The van der Waals surface area contributed by atoms with Gasteiger partial charge in [-0.15, -0.1) is 0 Å². The molecule has 0 aliphatic heterocycles. The number of ether oxygens (including phenoxy) is 2. The minimum Gasteiger partial charge on any atom is -0.494 e. The van der Waals surface area contributed by atoms with Crippen LogP contribution in [0.1, 0.15) is 123 Å².